The van der Waals surface area contributed by atoms with Crippen LogP contribution in [-0.4, -0.2) is 15.0 Å². The molecule has 2 aromatic heterocycles. The van der Waals surface area contributed by atoms with Gasteiger partial charge in [-0.1, -0.05) is 6.07 Å². The third-order valence-corrected chi connectivity index (χ3v) is 2.63. The Labute approximate surface area is 97.3 Å². The van der Waals surface area contributed by atoms with Crippen molar-refractivity contribution >= 4 is 11.0 Å². The van der Waals surface area contributed by atoms with Crippen LogP contribution in [0.1, 0.15) is 5.69 Å². The molecule has 0 saturated heterocycles. The number of aromatic nitrogens is 3. The lowest BCUT2D eigenvalue weighted by Gasteiger charge is -1.96. The molecule has 1 aromatic carbocycles. The molecular weight excluding hydrogens is 217 g/mol. The van der Waals surface area contributed by atoms with Crippen molar-refractivity contribution in [2.45, 2.75) is 6.92 Å². The second kappa shape index (κ2) is 3.66. The Bertz CT molecular complexity index is 688. The molecule has 0 aliphatic rings. The number of H-pyrrole nitrogens is 1. The largest absolute Gasteiger partial charge is 0.338 e. The van der Waals surface area contributed by atoms with Crippen molar-refractivity contribution in [1.29, 1.82) is 0 Å². The number of nitrogens with zero attached hydrogens (tertiary/aromatic N) is 2. The van der Waals surface area contributed by atoms with Gasteiger partial charge < -0.3 is 4.98 Å². The molecule has 0 spiro atoms. The SMILES string of the molecule is Cc1cc(-c2nc3c(F)cccc3[nH]2)ccn1. The number of aromatic amines is 1. The van der Waals surface area contributed by atoms with Crippen molar-refractivity contribution in [2.75, 3.05) is 0 Å². The molecule has 0 saturated carbocycles. The fourth-order valence-electron chi connectivity index (χ4n) is 1.83. The summed E-state index contributed by atoms with van der Waals surface area (Å²) in [6.07, 6.45) is 1.72. The summed E-state index contributed by atoms with van der Waals surface area (Å²) in [5.41, 5.74) is 2.89. The van der Waals surface area contributed by atoms with E-state index in [0.717, 1.165) is 11.3 Å². The van der Waals surface area contributed by atoms with Crippen molar-refractivity contribution in [3.05, 3.63) is 48.0 Å². The molecule has 2 heterocycles. The van der Waals surface area contributed by atoms with Gasteiger partial charge >= 0.3 is 0 Å². The summed E-state index contributed by atoms with van der Waals surface area (Å²) in [5, 5.41) is 0. The van der Waals surface area contributed by atoms with Gasteiger partial charge in [0.05, 0.1) is 5.52 Å². The van der Waals surface area contributed by atoms with Crippen LogP contribution >= 0.6 is 0 Å². The summed E-state index contributed by atoms with van der Waals surface area (Å²) in [6, 6.07) is 8.64. The highest BCUT2D eigenvalue weighted by Crippen LogP contribution is 2.21. The molecule has 0 atom stereocenters. The van der Waals surface area contributed by atoms with Crippen LogP contribution in [0.3, 0.4) is 0 Å². The number of pyridine rings is 1. The molecule has 0 aliphatic carbocycles. The molecule has 1 N–H and O–H groups in total. The number of imidazole rings is 1. The normalized spacial score (nSPS) is 10.9. The van der Waals surface area contributed by atoms with Crippen LogP contribution in [0.15, 0.2) is 36.5 Å². The predicted octanol–water partition coefficient (Wildman–Crippen LogP) is 3.07. The van der Waals surface area contributed by atoms with Gasteiger partial charge in [0.1, 0.15) is 11.3 Å². The van der Waals surface area contributed by atoms with Gasteiger partial charge in [-0.3, -0.25) is 4.98 Å². The van der Waals surface area contributed by atoms with Crippen LogP contribution in [0.2, 0.25) is 0 Å². The van der Waals surface area contributed by atoms with Crippen LogP contribution in [0.4, 0.5) is 4.39 Å². The van der Waals surface area contributed by atoms with E-state index < -0.39 is 0 Å². The Kier molecular flexibility index (Phi) is 2.14. The molecule has 84 valence electrons. The molecule has 0 fully saturated rings. The fraction of sp³-hybridized carbons (Fsp3) is 0.0769. The van der Waals surface area contributed by atoms with Crippen LogP contribution in [0, 0.1) is 12.7 Å². The third-order valence-electron chi connectivity index (χ3n) is 2.63. The minimum absolute atomic E-state index is 0.309. The van der Waals surface area contributed by atoms with E-state index in [1.165, 1.54) is 6.07 Å². The zero-order valence-electron chi connectivity index (χ0n) is 9.24. The maximum atomic E-state index is 13.5. The number of para-hydroxylation sites is 1. The molecule has 0 unspecified atom stereocenters. The van der Waals surface area contributed by atoms with E-state index >= 15 is 0 Å². The molecule has 3 rings (SSSR count). The maximum absolute atomic E-state index is 13.5. The zero-order valence-corrected chi connectivity index (χ0v) is 9.24. The predicted molar refractivity (Wildman–Crippen MR) is 64.0 cm³/mol. The van der Waals surface area contributed by atoms with Crippen LogP contribution in [-0.2, 0) is 0 Å². The van der Waals surface area contributed by atoms with Gasteiger partial charge in [0.25, 0.3) is 0 Å². The van der Waals surface area contributed by atoms with E-state index in [4.69, 9.17) is 0 Å². The molecule has 0 bridgehead atoms. The Balaban J connectivity index is 2.22. The van der Waals surface area contributed by atoms with Crippen molar-refractivity contribution in [2.24, 2.45) is 0 Å². The Morgan fingerprint density at radius 2 is 2.12 bits per heavy atom. The van der Waals surface area contributed by atoms with Gasteiger partial charge in [-0.25, -0.2) is 9.37 Å². The van der Waals surface area contributed by atoms with E-state index in [-0.39, 0.29) is 5.82 Å². The first-order chi connectivity index (χ1) is 8.24. The molecular formula is C13H10FN3. The van der Waals surface area contributed by atoms with Crippen molar-refractivity contribution in [3.63, 3.8) is 0 Å². The summed E-state index contributed by atoms with van der Waals surface area (Å²) in [6.45, 7) is 1.91. The number of nitrogens with one attached hydrogen (secondary N) is 1. The first-order valence-corrected chi connectivity index (χ1v) is 5.31. The highest BCUT2D eigenvalue weighted by molar-refractivity contribution is 5.79. The fourth-order valence-corrected chi connectivity index (χ4v) is 1.83. The van der Waals surface area contributed by atoms with Gasteiger partial charge in [-0.2, -0.15) is 0 Å². The first-order valence-electron chi connectivity index (χ1n) is 5.31. The number of benzene rings is 1. The van der Waals surface area contributed by atoms with Gasteiger partial charge in [0.2, 0.25) is 0 Å². The number of hydrogen-bond acceptors (Lipinski definition) is 2. The first kappa shape index (κ1) is 9.96. The van der Waals surface area contributed by atoms with Crippen molar-refractivity contribution < 1.29 is 4.39 Å². The van der Waals surface area contributed by atoms with Gasteiger partial charge in [-0.15, -0.1) is 0 Å². The molecule has 0 aliphatic heterocycles. The van der Waals surface area contributed by atoms with Crippen molar-refractivity contribution in [1.82, 2.24) is 15.0 Å². The number of halogens is 1. The lowest BCUT2D eigenvalue weighted by atomic mass is 10.2. The van der Waals surface area contributed by atoms with Crippen LogP contribution < -0.4 is 0 Å². The molecule has 0 radical (unpaired) electrons. The number of fused-ring (bicyclic) bond motifs is 1. The number of rotatable bonds is 1. The topological polar surface area (TPSA) is 41.6 Å². The lowest BCUT2D eigenvalue weighted by molar-refractivity contribution is 0.637. The van der Waals surface area contributed by atoms with E-state index in [2.05, 4.69) is 15.0 Å². The monoisotopic (exact) mass is 227 g/mol. The minimum Gasteiger partial charge on any atom is -0.338 e. The molecule has 3 aromatic rings. The maximum Gasteiger partial charge on any atom is 0.151 e. The molecule has 3 nitrogen and oxygen atoms in total. The quantitative estimate of drug-likeness (QED) is 0.694. The Hall–Kier alpha value is -2.23. The van der Waals surface area contributed by atoms with E-state index in [1.54, 1.807) is 12.3 Å². The van der Waals surface area contributed by atoms with E-state index in [1.807, 2.05) is 25.1 Å². The summed E-state index contributed by atoms with van der Waals surface area (Å²) >= 11 is 0. The third kappa shape index (κ3) is 1.67. The Morgan fingerprint density at radius 3 is 2.88 bits per heavy atom. The van der Waals surface area contributed by atoms with Crippen LogP contribution in [0.5, 0.6) is 0 Å². The average molecular weight is 227 g/mol. The summed E-state index contributed by atoms with van der Waals surface area (Å²) in [5.74, 6) is 0.353. The summed E-state index contributed by atoms with van der Waals surface area (Å²) in [7, 11) is 0. The van der Waals surface area contributed by atoms with E-state index in [9.17, 15) is 4.39 Å². The second-order valence-corrected chi connectivity index (χ2v) is 3.91. The standard InChI is InChI=1S/C13H10FN3/c1-8-7-9(5-6-15-8)13-16-11-4-2-3-10(14)12(11)17-13/h2-7H,1H3,(H,16,17). The highest BCUT2D eigenvalue weighted by Gasteiger charge is 2.08. The Morgan fingerprint density at radius 1 is 1.24 bits per heavy atom. The summed E-state index contributed by atoms with van der Waals surface area (Å²) < 4.78 is 13.5. The van der Waals surface area contributed by atoms with E-state index in [0.29, 0.717) is 16.9 Å². The minimum atomic E-state index is -0.309. The van der Waals surface area contributed by atoms with Gasteiger partial charge in [0, 0.05) is 17.5 Å². The van der Waals surface area contributed by atoms with Crippen LogP contribution in [0.25, 0.3) is 22.4 Å². The molecule has 0 amide bonds. The van der Waals surface area contributed by atoms with Gasteiger partial charge in [0.15, 0.2) is 5.82 Å². The summed E-state index contributed by atoms with van der Waals surface area (Å²) in [4.78, 5) is 11.5. The molecule has 17 heavy (non-hydrogen) atoms. The number of hydrogen-bond donors (Lipinski definition) is 1. The number of aryl methyl sites for hydroxylation is 1. The smallest absolute Gasteiger partial charge is 0.151 e. The van der Waals surface area contributed by atoms with Crippen molar-refractivity contribution in [3.8, 4) is 11.4 Å². The second-order valence-electron chi connectivity index (χ2n) is 3.91. The van der Waals surface area contributed by atoms with Gasteiger partial charge in [-0.05, 0) is 31.2 Å². The highest BCUT2D eigenvalue weighted by atomic mass is 19.1. The zero-order chi connectivity index (χ0) is 11.8. The molecule has 4 heteroatoms. The average Bonchev–Trinajstić information content (AvgIpc) is 2.74. The lowest BCUT2D eigenvalue weighted by Crippen LogP contribution is -1.84.